The minimum absolute atomic E-state index is 0.652. The number of hydrogen-bond donors (Lipinski definition) is 1. The van der Waals surface area contributed by atoms with Crippen molar-refractivity contribution in [1.82, 2.24) is 10.3 Å². The summed E-state index contributed by atoms with van der Waals surface area (Å²) in [4.78, 5) is 4.56. The molecule has 0 spiro atoms. The summed E-state index contributed by atoms with van der Waals surface area (Å²) in [6.07, 6.45) is 2.15. The molecular formula is C15H20N2S. The van der Waals surface area contributed by atoms with Crippen molar-refractivity contribution >= 4 is 22.7 Å². The van der Waals surface area contributed by atoms with Gasteiger partial charge in [-0.3, -0.25) is 4.98 Å². The van der Waals surface area contributed by atoms with Crippen LogP contribution in [0.25, 0.3) is 10.9 Å². The van der Waals surface area contributed by atoms with E-state index in [2.05, 4.69) is 54.7 Å². The molecule has 0 bridgehead atoms. The third-order valence-corrected chi connectivity index (χ3v) is 4.05. The number of aromatic nitrogens is 1. The summed E-state index contributed by atoms with van der Waals surface area (Å²) in [7, 11) is 0. The van der Waals surface area contributed by atoms with Gasteiger partial charge in [0.05, 0.1) is 5.52 Å². The van der Waals surface area contributed by atoms with Crippen molar-refractivity contribution in [2.24, 2.45) is 0 Å². The van der Waals surface area contributed by atoms with Crippen LogP contribution in [0.2, 0.25) is 0 Å². The second-order valence-corrected chi connectivity index (χ2v) is 5.89. The predicted molar refractivity (Wildman–Crippen MR) is 81.2 cm³/mol. The first-order valence-electron chi connectivity index (χ1n) is 6.29. The zero-order chi connectivity index (χ0) is 13.0. The maximum Gasteiger partial charge on any atom is 0.0708 e. The molecule has 1 aromatic heterocycles. The lowest BCUT2D eigenvalue weighted by Crippen LogP contribution is -2.22. The van der Waals surface area contributed by atoms with Gasteiger partial charge in [-0.1, -0.05) is 25.1 Å². The fraction of sp³-hybridized carbons (Fsp3) is 0.400. The number of nitrogens with one attached hydrogen (secondary N) is 1. The topological polar surface area (TPSA) is 24.9 Å². The van der Waals surface area contributed by atoms with Crippen molar-refractivity contribution in [2.45, 2.75) is 25.6 Å². The Bertz CT molecular complexity index is 525. The molecule has 2 aromatic rings. The van der Waals surface area contributed by atoms with Crippen LogP contribution in [-0.4, -0.2) is 23.0 Å². The molecule has 0 amide bonds. The van der Waals surface area contributed by atoms with Gasteiger partial charge in [-0.05, 0) is 30.9 Å². The van der Waals surface area contributed by atoms with E-state index in [1.54, 1.807) is 0 Å². The van der Waals surface area contributed by atoms with Crippen molar-refractivity contribution < 1.29 is 0 Å². The molecule has 1 atom stereocenters. The standard InChI is InChI=1S/C15H20N2S/c1-11-8-13(10-16-9-12(2)18-3)14-6-4-5-7-15(14)17-11/h4-8,12,16H,9-10H2,1-3H3. The van der Waals surface area contributed by atoms with Crippen molar-refractivity contribution in [2.75, 3.05) is 12.8 Å². The Morgan fingerprint density at radius 1 is 1.33 bits per heavy atom. The lowest BCUT2D eigenvalue weighted by molar-refractivity contribution is 0.686. The quantitative estimate of drug-likeness (QED) is 0.892. The van der Waals surface area contributed by atoms with E-state index in [0.717, 1.165) is 24.3 Å². The number of benzene rings is 1. The molecule has 0 radical (unpaired) electrons. The summed E-state index contributed by atoms with van der Waals surface area (Å²) in [5.41, 5.74) is 3.52. The molecule has 2 rings (SSSR count). The van der Waals surface area contributed by atoms with Crippen LogP contribution >= 0.6 is 11.8 Å². The van der Waals surface area contributed by atoms with E-state index >= 15 is 0 Å². The van der Waals surface area contributed by atoms with Crippen LogP contribution in [0.3, 0.4) is 0 Å². The van der Waals surface area contributed by atoms with E-state index < -0.39 is 0 Å². The molecule has 2 nitrogen and oxygen atoms in total. The fourth-order valence-corrected chi connectivity index (χ4v) is 2.32. The number of thioether (sulfide) groups is 1. The second kappa shape index (κ2) is 6.21. The van der Waals surface area contributed by atoms with Crippen LogP contribution in [0.1, 0.15) is 18.2 Å². The monoisotopic (exact) mass is 260 g/mol. The molecule has 1 aromatic carbocycles. The van der Waals surface area contributed by atoms with Crippen molar-refractivity contribution in [1.29, 1.82) is 0 Å². The molecule has 0 aliphatic heterocycles. The van der Waals surface area contributed by atoms with Gasteiger partial charge in [0.15, 0.2) is 0 Å². The summed E-state index contributed by atoms with van der Waals surface area (Å²) in [6.45, 7) is 6.25. The molecule has 1 heterocycles. The Balaban J connectivity index is 2.17. The van der Waals surface area contributed by atoms with Gasteiger partial charge in [-0.2, -0.15) is 11.8 Å². The van der Waals surface area contributed by atoms with Gasteiger partial charge in [0.1, 0.15) is 0 Å². The van der Waals surface area contributed by atoms with Crippen molar-refractivity contribution in [3.8, 4) is 0 Å². The van der Waals surface area contributed by atoms with Gasteiger partial charge in [-0.25, -0.2) is 0 Å². The van der Waals surface area contributed by atoms with E-state index in [-0.39, 0.29) is 0 Å². The van der Waals surface area contributed by atoms with Gasteiger partial charge >= 0.3 is 0 Å². The summed E-state index contributed by atoms with van der Waals surface area (Å²) in [5, 5.41) is 5.43. The Labute approximate surface area is 113 Å². The molecule has 1 N–H and O–H groups in total. The molecule has 0 saturated carbocycles. The number of aryl methyl sites for hydroxylation is 1. The number of hydrogen-bond acceptors (Lipinski definition) is 3. The lowest BCUT2D eigenvalue weighted by atomic mass is 10.1. The highest BCUT2D eigenvalue weighted by molar-refractivity contribution is 7.99. The summed E-state index contributed by atoms with van der Waals surface area (Å²) < 4.78 is 0. The molecule has 0 aliphatic carbocycles. The average molecular weight is 260 g/mol. The molecule has 1 unspecified atom stereocenters. The number of fused-ring (bicyclic) bond motifs is 1. The van der Waals surface area contributed by atoms with Crippen molar-refractivity contribution in [3.05, 3.63) is 41.6 Å². The van der Waals surface area contributed by atoms with Crippen LogP contribution in [0, 0.1) is 6.92 Å². The normalized spacial score (nSPS) is 12.8. The maximum absolute atomic E-state index is 4.56. The maximum atomic E-state index is 4.56. The van der Waals surface area contributed by atoms with Gasteiger partial charge < -0.3 is 5.32 Å². The molecular weight excluding hydrogens is 240 g/mol. The predicted octanol–water partition coefficient (Wildman–Crippen LogP) is 3.38. The van der Waals surface area contributed by atoms with Crippen LogP contribution in [0.5, 0.6) is 0 Å². The van der Waals surface area contributed by atoms with Crippen LogP contribution < -0.4 is 5.32 Å². The minimum Gasteiger partial charge on any atom is -0.312 e. The van der Waals surface area contributed by atoms with Crippen LogP contribution in [0.4, 0.5) is 0 Å². The molecule has 96 valence electrons. The highest BCUT2D eigenvalue weighted by Gasteiger charge is 2.04. The molecule has 0 fully saturated rings. The number of pyridine rings is 1. The first kappa shape index (κ1) is 13.4. The highest BCUT2D eigenvalue weighted by Crippen LogP contribution is 2.18. The second-order valence-electron chi connectivity index (χ2n) is 4.62. The molecule has 0 aliphatic rings. The molecule has 0 saturated heterocycles. The summed E-state index contributed by atoms with van der Waals surface area (Å²) in [5.74, 6) is 0. The lowest BCUT2D eigenvalue weighted by Gasteiger charge is -2.12. The third-order valence-electron chi connectivity index (χ3n) is 3.08. The Morgan fingerprint density at radius 3 is 2.89 bits per heavy atom. The van der Waals surface area contributed by atoms with E-state index in [1.807, 2.05) is 17.8 Å². The van der Waals surface area contributed by atoms with Gasteiger partial charge in [0, 0.05) is 29.4 Å². The number of para-hydroxylation sites is 1. The highest BCUT2D eigenvalue weighted by atomic mass is 32.2. The first-order chi connectivity index (χ1) is 8.70. The zero-order valence-corrected chi connectivity index (χ0v) is 12.1. The molecule has 18 heavy (non-hydrogen) atoms. The fourth-order valence-electron chi connectivity index (χ4n) is 2.03. The van der Waals surface area contributed by atoms with E-state index in [9.17, 15) is 0 Å². The molecule has 3 heteroatoms. The Kier molecular flexibility index (Phi) is 4.61. The minimum atomic E-state index is 0.652. The smallest absolute Gasteiger partial charge is 0.0708 e. The van der Waals surface area contributed by atoms with Gasteiger partial charge in [0.25, 0.3) is 0 Å². The largest absolute Gasteiger partial charge is 0.312 e. The van der Waals surface area contributed by atoms with Gasteiger partial charge in [-0.15, -0.1) is 0 Å². The third kappa shape index (κ3) is 3.24. The average Bonchev–Trinajstić information content (AvgIpc) is 2.38. The Morgan fingerprint density at radius 2 is 2.11 bits per heavy atom. The summed E-state index contributed by atoms with van der Waals surface area (Å²) in [6, 6.07) is 10.5. The number of rotatable bonds is 5. The van der Waals surface area contributed by atoms with E-state index in [0.29, 0.717) is 5.25 Å². The number of nitrogens with zero attached hydrogens (tertiary/aromatic N) is 1. The van der Waals surface area contributed by atoms with E-state index in [4.69, 9.17) is 0 Å². The summed E-state index contributed by atoms with van der Waals surface area (Å²) >= 11 is 1.89. The zero-order valence-electron chi connectivity index (χ0n) is 11.2. The van der Waals surface area contributed by atoms with Crippen LogP contribution in [0.15, 0.2) is 30.3 Å². The van der Waals surface area contributed by atoms with Crippen LogP contribution in [-0.2, 0) is 6.54 Å². The first-order valence-corrected chi connectivity index (χ1v) is 7.58. The van der Waals surface area contributed by atoms with E-state index in [1.165, 1.54) is 10.9 Å². The Hall–Kier alpha value is -1.06. The SMILES string of the molecule is CSC(C)CNCc1cc(C)nc2ccccc12. The van der Waals surface area contributed by atoms with Gasteiger partial charge in [0.2, 0.25) is 0 Å². The van der Waals surface area contributed by atoms with Crippen molar-refractivity contribution in [3.63, 3.8) is 0 Å².